The van der Waals surface area contributed by atoms with Crippen molar-refractivity contribution in [3.8, 4) is 17.1 Å². The summed E-state index contributed by atoms with van der Waals surface area (Å²) in [6.45, 7) is 0. The SMILES string of the molecule is O=C(O)C1=Cc2ccc(-c3ccco3)cc2OC1C(F)(F)F. The van der Waals surface area contributed by atoms with Gasteiger partial charge in [0.1, 0.15) is 11.5 Å². The smallest absolute Gasteiger partial charge is 0.430 e. The minimum atomic E-state index is -4.82. The minimum absolute atomic E-state index is 0.0405. The van der Waals surface area contributed by atoms with Crippen molar-refractivity contribution < 1.29 is 32.2 Å². The number of hydrogen-bond donors (Lipinski definition) is 1. The van der Waals surface area contributed by atoms with Crippen molar-refractivity contribution in [1.29, 1.82) is 0 Å². The fourth-order valence-electron chi connectivity index (χ4n) is 2.20. The summed E-state index contributed by atoms with van der Waals surface area (Å²) in [5.41, 5.74) is -0.0317. The van der Waals surface area contributed by atoms with Gasteiger partial charge in [0, 0.05) is 11.1 Å². The molecule has 0 radical (unpaired) electrons. The summed E-state index contributed by atoms with van der Waals surface area (Å²) in [6.07, 6.45) is -4.89. The normalized spacial score (nSPS) is 17.4. The Morgan fingerprint density at radius 3 is 2.59 bits per heavy atom. The molecule has 22 heavy (non-hydrogen) atoms. The number of carboxylic acid groups (broad SMARTS) is 1. The Morgan fingerprint density at radius 2 is 2.00 bits per heavy atom. The standard InChI is InChI=1S/C15H9F3O4/c16-15(17,18)13-10(14(19)20)6-8-3-4-9(7-12(8)22-13)11-2-1-5-21-11/h1-7,13H,(H,19,20). The van der Waals surface area contributed by atoms with E-state index in [1.807, 2.05) is 0 Å². The average molecular weight is 310 g/mol. The van der Waals surface area contributed by atoms with Crippen LogP contribution in [0.2, 0.25) is 0 Å². The van der Waals surface area contributed by atoms with E-state index in [4.69, 9.17) is 14.3 Å². The molecule has 4 nitrogen and oxygen atoms in total. The lowest BCUT2D eigenvalue weighted by Crippen LogP contribution is -2.40. The molecule has 1 atom stereocenters. The van der Waals surface area contributed by atoms with Crippen molar-refractivity contribution in [2.45, 2.75) is 12.3 Å². The highest BCUT2D eigenvalue weighted by atomic mass is 19.4. The summed E-state index contributed by atoms with van der Waals surface area (Å²) < 4.78 is 49.0. The molecule has 0 amide bonds. The minimum Gasteiger partial charge on any atom is -0.478 e. The highest BCUT2D eigenvalue weighted by Gasteiger charge is 2.48. The maximum atomic E-state index is 13.0. The van der Waals surface area contributed by atoms with E-state index in [1.54, 1.807) is 18.2 Å². The highest BCUT2D eigenvalue weighted by molar-refractivity contribution is 5.95. The Morgan fingerprint density at radius 1 is 1.23 bits per heavy atom. The van der Waals surface area contributed by atoms with Gasteiger partial charge in [-0.2, -0.15) is 13.2 Å². The average Bonchev–Trinajstić information content (AvgIpc) is 2.98. The molecule has 1 N–H and O–H groups in total. The molecule has 0 bridgehead atoms. The molecule has 2 aromatic rings. The maximum Gasteiger partial charge on any atom is 0.430 e. The largest absolute Gasteiger partial charge is 0.478 e. The second-order valence-corrected chi connectivity index (χ2v) is 4.67. The van der Waals surface area contributed by atoms with Crippen LogP contribution >= 0.6 is 0 Å². The number of hydrogen-bond acceptors (Lipinski definition) is 3. The number of fused-ring (bicyclic) bond motifs is 1. The number of benzene rings is 1. The number of carbonyl (C=O) groups is 1. The molecule has 0 saturated carbocycles. The number of halogens is 3. The third-order valence-corrected chi connectivity index (χ3v) is 3.20. The number of ether oxygens (including phenoxy) is 1. The van der Waals surface area contributed by atoms with E-state index in [-0.39, 0.29) is 11.3 Å². The van der Waals surface area contributed by atoms with Crippen LogP contribution in [-0.4, -0.2) is 23.4 Å². The first-order chi connectivity index (χ1) is 10.4. The van der Waals surface area contributed by atoms with E-state index in [0.717, 1.165) is 6.08 Å². The Kier molecular flexibility index (Phi) is 3.20. The molecule has 1 aromatic carbocycles. The van der Waals surface area contributed by atoms with Crippen molar-refractivity contribution in [2.75, 3.05) is 0 Å². The summed E-state index contributed by atoms with van der Waals surface area (Å²) in [4.78, 5) is 11.0. The van der Waals surface area contributed by atoms with E-state index in [9.17, 15) is 18.0 Å². The lowest BCUT2D eigenvalue weighted by atomic mass is 9.99. The lowest BCUT2D eigenvalue weighted by molar-refractivity contribution is -0.187. The fraction of sp³-hybridized carbons (Fsp3) is 0.133. The van der Waals surface area contributed by atoms with Crippen molar-refractivity contribution >= 4 is 12.0 Å². The summed E-state index contributed by atoms with van der Waals surface area (Å²) >= 11 is 0. The molecular formula is C15H9F3O4. The molecule has 1 unspecified atom stereocenters. The van der Waals surface area contributed by atoms with Gasteiger partial charge in [0.15, 0.2) is 0 Å². The molecule has 7 heteroatoms. The van der Waals surface area contributed by atoms with Crippen LogP contribution in [0.5, 0.6) is 5.75 Å². The summed E-state index contributed by atoms with van der Waals surface area (Å²) in [6, 6.07) is 7.80. The topological polar surface area (TPSA) is 59.7 Å². The highest BCUT2D eigenvalue weighted by Crippen LogP contribution is 2.39. The van der Waals surface area contributed by atoms with Gasteiger partial charge in [0.05, 0.1) is 11.8 Å². The fourth-order valence-corrected chi connectivity index (χ4v) is 2.20. The lowest BCUT2D eigenvalue weighted by Gasteiger charge is -2.27. The molecule has 1 aliphatic heterocycles. The molecule has 0 saturated heterocycles. The van der Waals surface area contributed by atoms with Crippen LogP contribution in [0.15, 0.2) is 46.6 Å². The van der Waals surface area contributed by atoms with Gasteiger partial charge in [-0.3, -0.25) is 0 Å². The van der Waals surface area contributed by atoms with E-state index in [1.165, 1.54) is 18.4 Å². The van der Waals surface area contributed by atoms with Crippen LogP contribution in [0.25, 0.3) is 17.4 Å². The summed E-state index contributed by atoms with van der Waals surface area (Å²) in [5, 5.41) is 8.94. The third kappa shape index (κ3) is 2.45. The van der Waals surface area contributed by atoms with Crippen molar-refractivity contribution in [3.63, 3.8) is 0 Å². The zero-order valence-corrected chi connectivity index (χ0v) is 10.9. The summed E-state index contributed by atoms with van der Waals surface area (Å²) in [7, 11) is 0. The van der Waals surface area contributed by atoms with Gasteiger partial charge in [0.2, 0.25) is 6.10 Å². The zero-order valence-electron chi connectivity index (χ0n) is 10.9. The van der Waals surface area contributed by atoms with Gasteiger partial charge in [-0.05, 0) is 24.3 Å². The molecule has 0 fully saturated rings. The van der Waals surface area contributed by atoms with Crippen LogP contribution < -0.4 is 4.74 Å². The molecule has 0 spiro atoms. The molecule has 0 aliphatic carbocycles. The van der Waals surface area contributed by atoms with E-state index in [2.05, 4.69) is 0 Å². The van der Waals surface area contributed by atoms with Gasteiger partial charge < -0.3 is 14.3 Å². The number of furan rings is 1. The number of alkyl halides is 3. The monoisotopic (exact) mass is 310 g/mol. The van der Waals surface area contributed by atoms with Gasteiger partial charge in [0.25, 0.3) is 0 Å². The van der Waals surface area contributed by atoms with Crippen molar-refractivity contribution in [1.82, 2.24) is 0 Å². The predicted octanol–water partition coefficient (Wildman–Crippen LogP) is 3.74. The molecule has 1 aliphatic rings. The van der Waals surface area contributed by atoms with Gasteiger partial charge in [-0.15, -0.1) is 0 Å². The molecule has 114 valence electrons. The molecule has 3 rings (SSSR count). The molecule has 2 heterocycles. The maximum absolute atomic E-state index is 13.0. The zero-order chi connectivity index (χ0) is 15.9. The Labute approximate surface area is 122 Å². The number of aliphatic carboxylic acids is 1. The third-order valence-electron chi connectivity index (χ3n) is 3.20. The quantitative estimate of drug-likeness (QED) is 0.918. The van der Waals surface area contributed by atoms with E-state index < -0.39 is 23.8 Å². The van der Waals surface area contributed by atoms with Gasteiger partial charge >= 0.3 is 12.1 Å². The van der Waals surface area contributed by atoms with Crippen LogP contribution in [0.1, 0.15) is 5.56 Å². The second kappa shape index (κ2) is 4.94. The number of carboxylic acids is 1. The number of rotatable bonds is 2. The Balaban J connectivity index is 2.07. The Hall–Kier alpha value is -2.70. The first kappa shape index (κ1) is 14.2. The Bertz CT molecular complexity index is 745. The van der Waals surface area contributed by atoms with Crippen molar-refractivity contribution in [3.05, 3.63) is 47.7 Å². The van der Waals surface area contributed by atoms with E-state index in [0.29, 0.717) is 11.3 Å². The predicted molar refractivity (Wildman–Crippen MR) is 70.2 cm³/mol. The van der Waals surface area contributed by atoms with Crippen LogP contribution in [0.4, 0.5) is 13.2 Å². The van der Waals surface area contributed by atoms with Crippen LogP contribution in [0.3, 0.4) is 0 Å². The summed E-state index contributed by atoms with van der Waals surface area (Å²) in [5.74, 6) is -1.23. The van der Waals surface area contributed by atoms with Crippen molar-refractivity contribution in [2.24, 2.45) is 0 Å². The first-order valence-corrected chi connectivity index (χ1v) is 6.22. The van der Waals surface area contributed by atoms with E-state index >= 15 is 0 Å². The van der Waals surface area contributed by atoms with Crippen LogP contribution in [-0.2, 0) is 4.79 Å². The molecular weight excluding hydrogens is 301 g/mol. The molecule has 1 aromatic heterocycles. The van der Waals surface area contributed by atoms with Crippen LogP contribution in [0, 0.1) is 0 Å². The second-order valence-electron chi connectivity index (χ2n) is 4.67. The first-order valence-electron chi connectivity index (χ1n) is 6.22. The van der Waals surface area contributed by atoms with Gasteiger partial charge in [-0.1, -0.05) is 12.1 Å². The van der Waals surface area contributed by atoms with Gasteiger partial charge in [-0.25, -0.2) is 4.79 Å².